The van der Waals surface area contributed by atoms with E-state index in [1.54, 1.807) is 83.1 Å². The number of terminal acetylenes is 2. The van der Waals surface area contributed by atoms with Crippen molar-refractivity contribution in [2.45, 2.75) is 140 Å². The highest BCUT2D eigenvalue weighted by atomic mass is 16.7. The van der Waals surface area contributed by atoms with E-state index in [-0.39, 0.29) is 72.3 Å². The molecule has 0 aromatic heterocycles. The van der Waals surface area contributed by atoms with Crippen molar-refractivity contribution in [3.8, 4) is 24.7 Å². The Morgan fingerprint density at radius 2 is 0.571 bits per heavy atom. The van der Waals surface area contributed by atoms with Crippen LogP contribution in [-0.4, -0.2) is 164 Å². The van der Waals surface area contributed by atoms with Crippen LogP contribution in [0, 0.1) is 68.5 Å². The molecule has 4 aliphatic heterocycles. The third-order valence-electron chi connectivity index (χ3n) is 13.8. The van der Waals surface area contributed by atoms with E-state index < -0.39 is 148 Å². The van der Waals surface area contributed by atoms with Crippen LogP contribution in [-0.2, 0) is 105 Å². The molecule has 0 unspecified atom stereocenters. The summed E-state index contributed by atoms with van der Waals surface area (Å²) in [6.45, 7) is 18.2. The molecule has 0 amide bonds. The van der Waals surface area contributed by atoms with Crippen LogP contribution in [0.15, 0.2) is 0 Å². The molecular weight excluding hydrogens is 1010 g/mol. The Balaban J connectivity index is 1.63. The van der Waals surface area contributed by atoms with E-state index in [1.165, 1.54) is 20.8 Å². The van der Waals surface area contributed by atoms with E-state index in [0.29, 0.717) is 0 Å². The van der Waals surface area contributed by atoms with Gasteiger partial charge in [-0.05, 0) is 104 Å². The van der Waals surface area contributed by atoms with Crippen LogP contribution >= 0.6 is 0 Å². The first kappa shape index (κ1) is 64.6. The Labute approximate surface area is 452 Å². The van der Waals surface area contributed by atoms with Crippen LogP contribution in [0.1, 0.15) is 117 Å². The smallest absolute Gasteiger partial charge is 0.318 e. The maximum Gasteiger partial charge on any atom is 0.318 e. The summed E-state index contributed by atoms with van der Waals surface area (Å²) in [6.07, 6.45) is 11.4. The van der Waals surface area contributed by atoms with Crippen LogP contribution in [0.25, 0.3) is 0 Å². The Morgan fingerprint density at radius 3 is 0.779 bits per heavy atom. The molecule has 0 bridgehead atoms. The van der Waals surface area contributed by atoms with Crippen molar-refractivity contribution < 1.29 is 105 Å². The van der Waals surface area contributed by atoms with Gasteiger partial charge in [-0.2, -0.15) is 0 Å². The van der Waals surface area contributed by atoms with Crippen molar-refractivity contribution in [2.24, 2.45) is 43.8 Å². The molecule has 4 rings (SSSR count). The third-order valence-corrected chi connectivity index (χ3v) is 13.8. The Hall–Kier alpha value is -4.91. The van der Waals surface area contributed by atoms with E-state index in [4.69, 9.17) is 83.9 Å². The molecule has 22 nitrogen and oxygen atoms in total. The van der Waals surface area contributed by atoms with Gasteiger partial charge in [-0.3, -0.25) is 33.6 Å². The summed E-state index contributed by atoms with van der Waals surface area (Å²) in [6, 6.07) is 0. The number of carbonyl (C=O) groups is 7. The molecular formula is C55H82O22. The predicted octanol–water partition coefficient (Wildman–Crippen LogP) is 4.63. The van der Waals surface area contributed by atoms with Gasteiger partial charge in [-0.1, -0.05) is 0 Å². The summed E-state index contributed by atoms with van der Waals surface area (Å²) in [5, 5.41) is 0. The van der Waals surface area contributed by atoms with Crippen LogP contribution in [0.2, 0.25) is 0 Å². The average Bonchev–Trinajstić information content (AvgIpc) is 3.37. The molecule has 0 aliphatic carbocycles. The molecule has 4 heterocycles. The largest absolute Gasteiger partial charge is 0.465 e. The van der Waals surface area contributed by atoms with Crippen molar-refractivity contribution >= 4 is 41.8 Å². The molecule has 0 spiro atoms. The Bertz CT molecular complexity index is 1960. The monoisotopic (exact) mass is 1090 g/mol. The molecule has 22 heteroatoms. The van der Waals surface area contributed by atoms with Gasteiger partial charge in [0.05, 0.1) is 59.5 Å². The fourth-order valence-electron chi connectivity index (χ4n) is 7.23. The quantitative estimate of drug-likeness (QED) is 0.0768. The summed E-state index contributed by atoms with van der Waals surface area (Å²) in [5.41, 5.74) is -11.2. The van der Waals surface area contributed by atoms with Gasteiger partial charge in [0.1, 0.15) is 77.5 Å². The van der Waals surface area contributed by atoms with E-state index in [9.17, 15) is 33.6 Å². The second kappa shape index (κ2) is 24.6. The highest BCUT2D eigenvalue weighted by Crippen LogP contribution is 2.37. The molecule has 0 atom stereocenters. The van der Waals surface area contributed by atoms with Crippen molar-refractivity contribution in [1.82, 2.24) is 0 Å². The van der Waals surface area contributed by atoms with Crippen molar-refractivity contribution in [1.29, 1.82) is 0 Å². The van der Waals surface area contributed by atoms with Gasteiger partial charge in [0.15, 0.2) is 23.1 Å². The minimum atomic E-state index is -2.03. The molecule has 434 valence electrons. The van der Waals surface area contributed by atoms with Gasteiger partial charge >= 0.3 is 41.8 Å². The van der Waals surface area contributed by atoms with Crippen molar-refractivity contribution in [3.05, 3.63) is 0 Å². The molecule has 77 heavy (non-hydrogen) atoms. The minimum absolute atomic E-state index is 0.0834. The van der Waals surface area contributed by atoms with Crippen LogP contribution < -0.4 is 0 Å². The van der Waals surface area contributed by atoms with Gasteiger partial charge in [-0.15, -0.1) is 24.7 Å². The predicted molar refractivity (Wildman–Crippen MR) is 268 cm³/mol. The average molecular weight is 1100 g/mol. The fourth-order valence-corrected chi connectivity index (χ4v) is 7.23. The lowest BCUT2D eigenvalue weighted by Gasteiger charge is -2.41. The Morgan fingerprint density at radius 1 is 0.377 bits per heavy atom. The zero-order valence-corrected chi connectivity index (χ0v) is 47.7. The number of hydrogen-bond acceptors (Lipinski definition) is 22. The minimum Gasteiger partial charge on any atom is -0.465 e. The zero-order valence-electron chi connectivity index (χ0n) is 47.7. The number of esters is 7. The second-order valence-corrected chi connectivity index (χ2v) is 24.6. The third kappa shape index (κ3) is 17.3. The number of rotatable bonds is 23. The van der Waals surface area contributed by atoms with Crippen LogP contribution in [0.3, 0.4) is 0 Å². The summed E-state index contributed by atoms with van der Waals surface area (Å²) in [4.78, 5) is 98.0. The highest BCUT2D eigenvalue weighted by Gasteiger charge is 2.52. The molecule has 0 aromatic carbocycles. The van der Waals surface area contributed by atoms with Crippen molar-refractivity contribution in [3.63, 3.8) is 0 Å². The summed E-state index contributed by atoms with van der Waals surface area (Å²) in [5.74, 6) is -5.84. The molecule has 4 aliphatic rings. The summed E-state index contributed by atoms with van der Waals surface area (Å²) in [7, 11) is 0. The van der Waals surface area contributed by atoms with Crippen molar-refractivity contribution in [2.75, 3.05) is 99.1 Å². The van der Waals surface area contributed by atoms with Crippen LogP contribution in [0.4, 0.5) is 0 Å². The molecule has 0 saturated carbocycles. The fraction of sp³-hybridized carbons (Fsp3) is 0.800. The first-order valence-electron chi connectivity index (χ1n) is 25.5. The molecule has 0 radical (unpaired) electrons. The van der Waals surface area contributed by atoms with Gasteiger partial charge in [0, 0.05) is 18.8 Å². The van der Waals surface area contributed by atoms with E-state index in [1.807, 2.05) is 0 Å². The zero-order chi connectivity index (χ0) is 58.2. The Kier molecular flexibility index (Phi) is 20.7. The van der Waals surface area contributed by atoms with E-state index in [2.05, 4.69) is 11.8 Å². The van der Waals surface area contributed by atoms with Gasteiger partial charge in [-0.25, -0.2) is 0 Å². The first-order valence-corrected chi connectivity index (χ1v) is 25.5. The van der Waals surface area contributed by atoms with Gasteiger partial charge in [0.2, 0.25) is 0 Å². The lowest BCUT2D eigenvalue weighted by Crippen LogP contribution is -2.52. The number of hydrogen-bond donors (Lipinski definition) is 0. The maximum absolute atomic E-state index is 14.5. The normalized spacial score (nSPS) is 21.8. The SMILES string of the molecule is C#CCC(CC#C)COC(=O)C(C)(COC(=O)C(C)(COC(=O)C1(C)COC(C)(C)OC1)COC(=O)C1(C)COC(C)(C)OC1)COC(=O)C(C)(COC(=O)C1(C)COC(C)(C)OC1)COC(=O)C1(C)COC(C)(C)OC1. The number of carbonyl (C=O) groups excluding carboxylic acids is 7. The standard InChI is InChI=1S/C55H82O22/c1-18-20-37(21-19-2)22-63-38(56)49(11,23-64-39(57)50(12,25-66-41(59)52(14)29-70-45(3,4)71-30-52)26-67-42(60)53(15)31-72-46(5,6)73-32-53)24-65-40(58)51(13,27-68-43(61)54(16)33-74-47(7,8)75-34-54)28-69-44(62)55(17)35-76-48(9,10)77-36-55/h1-2,37H,20-36H2,3-17H3. The highest BCUT2D eigenvalue weighted by molar-refractivity contribution is 5.84. The van der Waals surface area contributed by atoms with Gasteiger partial charge < -0.3 is 71.1 Å². The molecule has 4 fully saturated rings. The maximum atomic E-state index is 14.5. The molecule has 4 saturated heterocycles. The van der Waals surface area contributed by atoms with E-state index >= 15 is 0 Å². The number of ether oxygens (including phenoxy) is 15. The second-order valence-electron chi connectivity index (χ2n) is 24.6. The topological polar surface area (TPSA) is 258 Å². The van der Waals surface area contributed by atoms with Crippen LogP contribution in [0.5, 0.6) is 0 Å². The lowest BCUT2D eigenvalue weighted by molar-refractivity contribution is -0.283. The molecule has 0 aromatic rings. The van der Waals surface area contributed by atoms with Gasteiger partial charge in [0.25, 0.3) is 0 Å². The first-order chi connectivity index (χ1) is 35.3. The lowest BCUT2D eigenvalue weighted by atomic mass is 9.89. The summed E-state index contributed by atoms with van der Waals surface area (Å²) < 4.78 is 86.1. The molecule has 0 N–H and O–H groups in total. The summed E-state index contributed by atoms with van der Waals surface area (Å²) >= 11 is 0. The van der Waals surface area contributed by atoms with E-state index in [0.717, 1.165) is 0 Å².